The number of Topliss-reactive ketones (excluding diaryl/α,β-unsaturated/α-hetero) is 1. The number of hydrogen-bond donors (Lipinski definition) is 0. The normalized spacial score (nSPS) is 19.3. The van der Waals surface area contributed by atoms with E-state index in [4.69, 9.17) is 14.2 Å². The van der Waals surface area contributed by atoms with E-state index in [2.05, 4.69) is 26.0 Å². The van der Waals surface area contributed by atoms with Crippen LogP contribution in [0.25, 0.3) is 0 Å². The minimum Gasteiger partial charge on any atom is -0.496 e. The van der Waals surface area contributed by atoms with Gasteiger partial charge in [0, 0.05) is 18.1 Å². The molecule has 2 atom stereocenters. The average Bonchev–Trinajstić information content (AvgIpc) is 2.74. The first-order valence-electron chi connectivity index (χ1n) is 9.54. The molecule has 0 N–H and O–H groups in total. The fourth-order valence-corrected chi connectivity index (χ4v) is 4.05. The SMILES string of the molecule is COc1cc(OC)c(C(=O)[C@@H]2CC(C)=C(C)C[C@H]2c2ccccc2)c(OC)c1. The number of rotatable bonds is 6. The van der Waals surface area contributed by atoms with Crippen LogP contribution in [0.3, 0.4) is 0 Å². The van der Waals surface area contributed by atoms with E-state index in [0.717, 1.165) is 12.8 Å². The van der Waals surface area contributed by atoms with Crippen LogP contribution in [0.2, 0.25) is 0 Å². The molecule has 4 nitrogen and oxygen atoms in total. The lowest BCUT2D eigenvalue weighted by Crippen LogP contribution is -2.27. The average molecular weight is 380 g/mol. The lowest BCUT2D eigenvalue weighted by molar-refractivity contribution is 0.0886. The quantitative estimate of drug-likeness (QED) is 0.495. The Bertz CT molecular complexity index is 858. The van der Waals surface area contributed by atoms with E-state index >= 15 is 0 Å². The number of carbonyl (C=O) groups excluding carboxylic acids is 1. The summed E-state index contributed by atoms with van der Waals surface area (Å²) < 4.78 is 16.4. The minimum absolute atomic E-state index is 0.0528. The molecule has 0 aliphatic heterocycles. The van der Waals surface area contributed by atoms with E-state index in [1.54, 1.807) is 33.5 Å². The molecule has 4 heteroatoms. The molecule has 0 heterocycles. The highest BCUT2D eigenvalue weighted by Crippen LogP contribution is 2.45. The van der Waals surface area contributed by atoms with Gasteiger partial charge in [-0.2, -0.15) is 0 Å². The molecule has 0 fully saturated rings. The highest BCUT2D eigenvalue weighted by atomic mass is 16.5. The predicted molar refractivity (Wildman–Crippen MR) is 111 cm³/mol. The van der Waals surface area contributed by atoms with Crippen molar-refractivity contribution >= 4 is 5.78 Å². The number of hydrogen-bond acceptors (Lipinski definition) is 4. The van der Waals surface area contributed by atoms with Crippen LogP contribution in [0, 0.1) is 5.92 Å². The Morgan fingerprint density at radius 1 is 0.857 bits per heavy atom. The maximum absolute atomic E-state index is 13.8. The van der Waals surface area contributed by atoms with Crippen molar-refractivity contribution in [1.29, 1.82) is 0 Å². The van der Waals surface area contributed by atoms with Crippen LogP contribution in [0.5, 0.6) is 17.2 Å². The third-order valence-corrected chi connectivity index (χ3v) is 5.79. The van der Waals surface area contributed by atoms with Gasteiger partial charge in [-0.3, -0.25) is 4.79 Å². The zero-order chi connectivity index (χ0) is 20.3. The van der Waals surface area contributed by atoms with E-state index in [0.29, 0.717) is 22.8 Å². The van der Waals surface area contributed by atoms with Crippen molar-refractivity contribution in [2.75, 3.05) is 21.3 Å². The largest absolute Gasteiger partial charge is 0.496 e. The van der Waals surface area contributed by atoms with Crippen molar-refractivity contribution in [3.8, 4) is 17.2 Å². The number of allylic oxidation sites excluding steroid dienone is 2. The molecule has 0 bridgehead atoms. The third kappa shape index (κ3) is 3.77. The fourth-order valence-electron chi connectivity index (χ4n) is 4.05. The molecule has 0 saturated carbocycles. The van der Waals surface area contributed by atoms with Crippen LogP contribution >= 0.6 is 0 Å². The standard InChI is InChI=1S/C24H28O4/c1-15-11-19(17-9-7-6-8-10-17)20(12-16(15)2)24(25)23-21(27-4)13-18(26-3)14-22(23)28-5/h6-10,13-14,19-20H,11-12H2,1-5H3/t19-,20+/m0/s1. The summed E-state index contributed by atoms with van der Waals surface area (Å²) >= 11 is 0. The van der Waals surface area contributed by atoms with E-state index in [9.17, 15) is 4.79 Å². The lowest BCUT2D eigenvalue weighted by Gasteiger charge is -2.33. The van der Waals surface area contributed by atoms with Gasteiger partial charge in [-0.05, 0) is 38.2 Å². The summed E-state index contributed by atoms with van der Waals surface area (Å²) in [4.78, 5) is 13.8. The Morgan fingerprint density at radius 3 is 1.96 bits per heavy atom. The number of carbonyl (C=O) groups is 1. The van der Waals surface area contributed by atoms with Crippen molar-refractivity contribution in [2.24, 2.45) is 5.92 Å². The van der Waals surface area contributed by atoms with Gasteiger partial charge in [0.25, 0.3) is 0 Å². The summed E-state index contributed by atoms with van der Waals surface area (Å²) in [5.41, 5.74) is 4.34. The van der Waals surface area contributed by atoms with Gasteiger partial charge in [0.15, 0.2) is 5.78 Å². The summed E-state index contributed by atoms with van der Waals surface area (Å²) in [6.07, 6.45) is 1.62. The molecule has 28 heavy (non-hydrogen) atoms. The zero-order valence-corrected chi connectivity index (χ0v) is 17.2. The summed E-state index contributed by atoms with van der Waals surface area (Å²) in [6, 6.07) is 13.8. The molecule has 0 unspecified atom stereocenters. The Hall–Kier alpha value is -2.75. The zero-order valence-electron chi connectivity index (χ0n) is 17.2. The van der Waals surface area contributed by atoms with Gasteiger partial charge in [-0.25, -0.2) is 0 Å². The Labute approximate surface area is 167 Å². The van der Waals surface area contributed by atoms with Crippen molar-refractivity contribution in [1.82, 2.24) is 0 Å². The molecule has 1 aliphatic rings. The van der Waals surface area contributed by atoms with Gasteiger partial charge in [0.2, 0.25) is 0 Å². The molecule has 0 amide bonds. The van der Waals surface area contributed by atoms with Crippen LogP contribution in [0.4, 0.5) is 0 Å². The van der Waals surface area contributed by atoms with Crippen molar-refractivity contribution < 1.29 is 19.0 Å². The Balaban J connectivity index is 2.09. The van der Waals surface area contributed by atoms with Crippen LogP contribution in [0.1, 0.15) is 48.5 Å². The molecule has 2 aromatic rings. The second-order valence-electron chi connectivity index (χ2n) is 7.36. The van der Waals surface area contributed by atoms with Crippen molar-refractivity contribution in [2.45, 2.75) is 32.6 Å². The van der Waals surface area contributed by atoms with Gasteiger partial charge < -0.3 is 14.2 Å². The molecule has 0 radical (unpaired) electrons. The molecule has 0 spiro atoms. The maximum Gasteiger partial charge on any atom is 0.174 e. The van der Waals surface area contributed by atoms with Gasteiger partial charge in [0.1, 0.15) is 22.8 Å². The number of ketones is 1. The molecule has 1 aliphatic carbocycles. The molecular weight excluding hydrogens is 352 g/mol. The first-order chi connectivity index (χ1) is 13.5. The van der Waals surface area contributed by atoms with Gasteiger partial charge in [-0.15, -0.1) is 0 Å². The molecular formula is C24H28O4. The number of ether oxygens (including phenoxy) is 3. The van der Waals surface area contributed by atoms with Crippen molar-refractivity contribution in [3.05, 3.63) is 64.7 Å². The molecule has 2 aromatic carbocycles. The van der Waals surface area contributed by atoms with Crippen molar-refractivity contribution in [3.63, 3.8) is 0 Å². The van der Waals surface area contributed by atoms with E-state index < -0.39 is 0 Å². The van der Waals surface area contributed by atoms with E-state index in [-0.39, 0.29) is 17.6 Å². The number of benzene rings is 2. The lowest BCUT2D eigenvalue weighted by atomic mass is 9.70. The second-order valence-corrected chi connectivity index (χ2v) is 7.36. The highest BCUT2D eigenvalue weighted by molar-refractivity contribution is 6.04. The first kappa shape index (κ1) is 20.0. The summed E-state index contributed by atoms with van der Waals surface area (Å²) in [5, 5.41) is 0. The predicted octanol–water partition coefficient (Wildman–Crippen LogP) is 5.43. The van der Waals surface area contributed by atoms with Crippen LogP contribution in [0.15, 0.2) is 53.6 Å². The highest BCUT2D eigenvalue weighted by Gasteiger charge is 2.36. The Kier molecular flexibility index (Phi) is 6.08. The summed E-state index contributed by atoms with van der Waals surface area (Å²) in [5.74, 6) is 1.59. The first-order valence-corrected chi connectivity index (χ1v) is 9.54. The van der Waals surface area contributed by atoms with Gasteiger partial charge in [-0.1, -0.05) is 41.5 Å². The van der Waals surface area contributed by atoms with E-state index in [1.807, 2.05) is 18.2 Å². The van der Waals surface area contributed by atoms with E-state index in [1.165, 1.54) is 16.7 Å². The molecule has 3 rings (SSSR count). The third-order valence-electron chi connectivity index (χ3n) is 5.79. The molecule has 0 saturated heterocycles. The summed E-state index contributed by atoms with van der Waals surface area (Å²) in [7, 11) is 4.71. The monoisotopic (exact) mass is 380 g/mol. The van der Waals surface area contributed by atoms with Crippen LogP contribution < -0.4 is 14.2 Å². The van der Waals surface area contributed by atoms with Gasteiger partial charge >= 0.3 is 0 Å². The van der Waals surface area contributed by atoms with Crippen LogP contribution in [-0.4, -0.2) is 27.1 Å². The smallest absolute Gasteiger partial charge is 0.174 e. The van der Waals surface area contributed by atoms with Crippen LogP contribution in [-0.2, 0) is 0 Å². The Morgan fingerprint density at radius 2 is 1.43 bits per heavy atom. The topological polar surface area (TPSA) is 44.8 Å². The fraction of sp³-hybridized carbons (Fsp3) is 0.375. The van der Waals surface area contributed by atoms with Gasteiger partial charge in [0.05, 0.1) is 21.3 Å². The minimum atomic E-state index is -0.165. The summed E-state index contributed by atoms with van der Waals surface area (Å²) in [6.45, 7) is 4.29. The number of methoxy groups -OCH3 is 3. The molecule has 0 aromatic heterocycles. The molecule has 148 valence electrons. The maximum atomic E-state index is 13.8. The second kappa shape index (κ2) is 8.51.